The van der Waals surface area contributed by atoms with Crippen molar-refractivity contribution in [2.75, 3.05) is 11.0 Å². The van der Waals surface area contributed by atoms with Crippen molar-refractivity contribution >= 4 is 32.6 Å². The van der Waals surface area contributed by atoms with Crippen molar-refractivity contribution in [3.8, 4) is 11.3 Å². The van der Waals surface area contributed by atoms with Crippen molar-refractivity contribution < 1.29 is 18.3 Å². The Bertz CT molecular complexity index is 1030. The number of pyridine rings is 1. The third-order valence-electron chi connectivity index (χ3n) is 3.44. The van der Waals surface area contributed by atoms with Gasteiger partial charge in [-0.15, -0.1) is 0 Å². The zero-order valence-corrected chi connectivity index (χ0v) is 13.5. The van der Waals surface area contributed by atoms with Crippen molar-refractivity contribution in [1.82, 2.24) is 4.98 Å². The van der Waals surface area contributed by atoms with E-state index in [1.165, 1.54) is 0 Å². The molecule has 0 aliphatic carbocycles. The predicted octanol–water partition coefficient (Wildman–Crippen LogP) is 2.97. The van der Waals surface area contributed by atoms with Gasteiger partial charge in [-0.1, -0.05) is 48.5 Å². The number of carbonyl (C=O) groups is 1. The van der Waals surface area contributed by atoms with E-state index in [9.17, 15) is 18.3 Å². The zero-order chi connectivity index (χ0) is 17.3. The van der Waals surface area contributed by atoms with Crippen LogP contribution in [-0.2, 0) is 10.0 Å². The van der Waals surface area contributed by atoms with E-state index < -0.39 is 16.0 Å². The summed E-state index contributed by atoms with van der Waals surface area (Å²) in [5.41, 5.74) is 1.22. The topological polar surface area (TPSA) is 96.4 Å². The molecule has 2 N–H and O–H groups in total. The van der Waals surface area contributed by atoms with Crippen LogP contribution in [0, 0.1) is 0 Å². The number of benzene rings is 2. The van der Waals surface area contributed by atoms with Crippen LogP contribution < -0.4 is 4.72 Å². The van der Waals surface area contributed by atoms with Crippen molar-refractivity contribution in [3.05, 3.63) is 60.2 Å². The first kappa shape index (κ1) is 15.9. The van der Waals surface area contributed by atoms with Gasteiger partial charge in [-0.2, -0.15) is 0 Å². The summed E-state index contributed by atoms with van der Waals surface area (Å²) in [5.74, 6) is -1.23. The highest BCUT2D eigenvalue weighted by Gasteiger charge is 2.23. The first-order valence-electron chi connectivity index (χ1n) is 7.06. The van der Waals surface area contributed by atoms with Crippen LogP contribution in [0.2, 0.25) is 0 Å². The third kappa shape index (κ3) is 3.07. The number of hydrogen-bond acceptors (Lipinski definition) is 4. The molecule has 0 saturated heterocycles. The summed E-state index contributed by atoms with van der Waals surface area (Å²) in [6, 6.07) is 15.6. The predicted molar refractivity (Wildman–Crippen MR) is 92.6 cm³/mol. The number of rotatable bonds is 4. The Hall–Kier alpha value is -2.93. The summed E-state index contributed by atoms with van der Waals surface area (Å²) in [7, 11) is -3.69. The second-order valence-electron chi connectivity index (χ2n) is 5.27. The number of hydrogen-bond donors (Lipinski definition) is 2. The molecular weight excluding hydrogens is 332 g/mol. The average molecular weight is 346 g/mol. The SMILES string of the molecule is CS(=O)(=O)Nc1c(-c2ccccc2)nc2ccccc2[14c]1[14C](=O)O. The average Bonchev–Trinajstić information content (AvgIpc) is 2.53. The second-order valence-corrected chi connectivity index (χ2v) is 7.02. The fourth-order valence-electron chi connectivity index (χ4n) is 2.52. The molecule has 0 saturated carbocycles. The van der Waals surface area contributed by atoms with Crippen molar-refractivity contribution in [2.45, 2.75) is 0 Å². The lowest BCUT2D eigenvalue weighted by Crippen LogP contribution is -2.15. The quantitative estimate of drug-likeness (QED) is 0.757. The maximum Gasteiger partial charge on any atom is 0.338 e. The number of para-hydroxylation sites is 1. The van der Waals surface area contributed by atoms with Crippen LogP contribution in [0.1, 0.15) is 10.4 Å². The first-order valence-corrected chi connectivity index (χ1v) is 8.95. The highest BCUT2D eigenvalue weighted by atomic mass is 32.2. The number of anilines is 1. The van der Waals surface area contributed by atoms with Crippen LogP contribution in [0.4, 0.5) is 5.69 Å². The molecule has 0 unspecified atom stereocenters. The Morgan fingerprint density at radius 3 is 2.33 bits per heavy atom. The molecule has 0 aliphatic heterocycles. The fraction of sp³-hybridized carbons (Fsp3) is 0.0588. The molecule has 7 heteroatoms. The number of fused-ring (bicyclic) bond motifs is 1. The third-order valence-corrected chi connectivity index (χ3v) is 4.02. The van der Waals surface area contributed by atoms with E-state index in [0.717, 1.165) is 6.26 Å². The molecule has 0 bridgehead atoms. The number of nitrogens with one attached hydrogen (secondary N) is 1. The Balaban J connectivity index is 2.45. The number of aromatic carboxylic acids is 1. The molecule has 0 fully saturated rings. The normalized spacial score (nSPS) is 11.4. The van der Waals surface area contributed by atoms with Gasteiger partial charge in [-0.25, -0.2) is 18.2 Å². The standard InChI is InChI=1S/C17H14N2O4S/c1-24(22,23)19-16-14(17(20)21)12-9-5-6-10-13(12)18-15(16)11-7-3-2-4-8-11/h2-10,19H,1H3,(H,20,21)/i14+2,17+2. The molecule has 24 heavy (non-hydrogen) atoms. The smallest absolute Gasteiger partial charge is 0.338 e. The molecule has 3 aromatic rings. The number of aromatic nitrogens is 1. The number of sulfonamides is 1. The maximum absolute atomic E-state index is 11.8. The summed E-state index contributed by atoms with van der Waals surface area (Å²) in [4.78, 5) is 16.3. The Kier molecular flexibility index (Phi) is 3.94. The van der Waals surface area contributed by atoms with Crippen molar-refractivity contribution in [3.63, 3.8) is 0 Å². The second kappa shape index (κ2) is 5.93. The Labute approximate surface area is 138 Å². The summed E-state index contributed by atoms with van der Waals surface area (Å²) in [6.07, 6.45) is 0.975. The van der Waals surface area contributed by atoms with E-state index in [1.807, 2.05) is 6.07 Å². The van der Waals surface area contributed by atoms with Crippen molar-refractivity contribution in [1.29, 1.82) is 0 Å². The number of nitrogens with zero attached hydrogens (tertiary/aromatic N) is 1. The van der Waals surface area contributed by atoms with E-state index >= 15 is 0 Å². The molecular formula is C17H14N2O4S. The monoisotopic (exact) mass is 346 g/mol. The van der Waals surface area contributed by atoms with Gasteiger partial charge in [-0.05, 0) is 6.07 Å². The van der Waals surface area contributed by atoms with Gasteiger partial charge in [0.05, 0.1) is 28.7 Å². The van der Waals surface area contributed by atoms with E-state index in [0.29, 0.717) is 16.5 Å². The van der Waals surface area contributed by atoms with Crippen LogP contribution in [0.25, 0.3) is 22.2 Å². The van der Waals surface area contributed by atoms with E-state index in [1.54, 1.807) is 48.5 Å². The van der Waals surface area contributed by atoms with Crippen LogP contribution in [-0.4, -0.2) is 30.7 Å². The molecule has 0 aliphatic rings. The lowest BCUT2D eigenvalue weighted by atomic mass is 10.1. The Morgan fingerprint density at radius 2 is 1.71 bits per heavy atom. The molecule has 1 heterocycles. The largest absolute Gasteiger partial charge is 0.478 e. The van der Waals surface area contributed by atoms with Gasteiger partial charge in [0.2, 0.25) is 10.0 Å². The molecule has 2 aromatic carbocycles. The summed E-state index contributed by atoms with van der Waals surface area (Å²) in [6.45, 7) is 0. The van der Waals surface area contributed by atoms with Gasteiger partial charge in [0.1, 0.15) is 0 Å². The van der Waals surface area contributed by atoms with E-state index in [2.05, 4.69) is 9.71 Å². The number of carboxylic acid groups (broad SMARTS) is 1. The minimum absolute atomic E-state index is 0.0325. The van der Waals surface area contributed by atoms with E-state index in [4.69, 9.17) is 0 Å². The highest BCUT2D eigenvalue weighted by molar-refractivity contribution is 7.92. The number of carboxylic acids is 1. The molecule has 1 aromatic heterocycles. The van der Waals surface area contributed by atoms with Crippen LogP contribution in [0.3, 0.4) is 0 Å². The zero-order valence-electron chi connectivity index (χ0n) is 12.7. The molecule has 0 spiro atoms. The highest BCUT2D eigenvalue weighted by Crippen LogP contribution is 2.34. The van der Waals surface area contributed by atoms with Gasteiger partial charge in [0.15, 0.2) is 0 Å². The van der Waals surface area contributed by atoms with Gasteiger partial charge in [-0.3, -0.25) is 4.72 Å². The Morgan fingerprint density at radius 1 is 1.08 bits per heavy atom. The van der Waals surface area contributed by atoms with Gasteiger partial charge in [0.25, 0.3) is 0 Å². The lowest BCUT2D eigenvalue weighted by molar-refractivity contribution is 0.0700. The van der Waals surface area contributed by atoms with Gasteiger partial charge < -0.3 is 5.11 Å². The van der Waals surface area contributed by atoms with Crippen LogP contribution >= 0.6 is 0 Å². The van der Waals surface area contributed by atoms with Crippen LogP contribution in [0.5, 0.6) is 0 Å². The molecule has 0 radical (unpaired) electrons. The minimum Gasteiger partial charge on any atom is -0.478 e. The fourth-order valence-corrected chi connectivity index (χ4v) is 3.09. The molecule has 122 valence electrons. The minimum atomic E-state index is -3.69. The van der Waals surface area contributed by atoms with Crippen LogP contribution in [0.15, 0.2) is 54.6 Å². The van der Waals surface area contributed by atoms with Crippen molar-refractivity contribution in [2.24, 2.45) is 0 Å². The lowest BCUT2D eigenvalue weighted by Gasteiger charge is -2.15. The molecule has 3 rings (SSSR count). The summed E-state index contributed by atoms with van der Waals surface area (Å²) < 4.78 is 25.8. The molecule has 6 nitrogen and oxygen atoms in total. The summed E-state index contributed by atoms with van der Waals surface area (Å²) in [5, 5.41) is 10.0. The first-order chi connectivity index (χ1) is 11.4. The molecule has 0 amide bonds. The van der Waals surface area contributed by atoms with Gasteiger partial charge in [0, 0.05) is 10.9 Å². The maximum atomic E-state index is 11.8. The summed E-state index contributed by atoms with van der Waals surface area (Å²) >= 11 is 0. The van der Waals surface area contributed by atoms with E-state index in [-0.39, 0.29) is 16.9 Å². The van der Waals surface area contributed by atoms with Gasteiger partial charge >= 0.3 is 5.97 Å². The molecule has 0 atom stereocenters.